The number of imidazole rings is 9. The van der Waals surface area contributed by atoms with Crippen LogP contribution < -0.4 is 0 Å². The number of nitrogens with one attached hydrogen (secondary N) is 9. The Kier molecular flexibility index (Phi) is 31.3. The van der Waals surface area contributed by atoms with Crippen molar-refractivity contribution in [1.82, 2.24) is 89.7 Å². The Morgan fingerprint density at radius 3 is 0.672 bits per heavy atom. The van der Waals surface area contributed by atoms with E-state index in [0.29, 0.717) is 26.9 Å². The van der Waals surface area contributed by atoms with Gasteiger partial charge in [-0.05, 0) is 222 Å². The van der Waals surface area contributed by atoms with E-state index in [1.165, 1.54) is 33.4 Å². The maximum absolute atomic E-state index is 12.9. The molecule has 0 unspecified atom stereocenters. The highest BCUT2D eigenvalue weighted by Gasteiger charge is 2.36. The van der Waals surface area contributed by atoms with Crippen molar-refractivity contribution in [2.24, 2.45) is 0 Å². The number of nitrogens with zero attached hydrogens (tertiary/aromatic N) is 9. The summed E-state index contributed by atoms with van der Waals surface area (Å²) in [6, 6.07) is 43.9. The summed E-state index contributed by atoms with van der Waals surface area (Å²) in [6.45, 7) is 75.6. The second-order valence-corrected chi connectivity index (χ2v) is 46.5. The number of alkyl halides is 3. The first-order valence-corrected chi connectivity index (χ1v) is 47.1. The van der Waals surface area contributed by atoms with E-state index in [9.17, 15) is 13.2 Å². The molecule has 134 heavy (non-hydrogen) atoms. The van der Waals surface area contributed by atoms with Gasteiger partial charge in [0.15, 0.2) is 0 Å². The molecule has 18 aromatic rings. The predicted molar refractivity (Wildman–Crippen MR) is 561 cm³/mol. The van der Waals surface area contributed by atoms with Gasteiger partial charge in [-0.1, -0.05) is 258 Å². The Morgan fingerprint density at radius 1 is 0.201 bits per heavy atom. The van der Waals surface area contributed by atoms with Crippen LogP contribution in [0.15, 0.2) is 133 Å². The zero-order chi connectivity index (χ0) is 100.0. The average Bonchev–Trinajstić information content (AvgIpc) is 1.58. The number of aryl methyl sites for hydroxylation is 9. The van der Waals surface area contributed by atoms with Gasteiger partial charge in [-0.3, -0.25) is 0 Å². The molecule has 0 radical (unpaired) electrons. The Labute approximate surface area is 808 Å². The van der Waals surface area contributed by atoms with E-state index in [0.717, 1.165) is 162 Å². The molecule has 0 saturated heterocycles. The fourth-order valence-electron chi connectivity index (χ4n) is 13.9. The van der Waals surface area contributed by atoms with Crippen LogP contribution in [-0.4, -0.2) is 89.7 Å². The zero-order valence-corrected chi connectivity index (χ0v) is 88.4. The third-order valence-corrected chi connectivity index (χ3v) is 23.0. The summed E-state index contributed by atoms with van der Waals surface area (Å²) in [5.74, 6) is 8.71. The minimum atomic E-state index is -4.38. The molecule has 25 heteroatoms. The Morgan fingerprint density at radius 2 is 0.403 bits per heavy atom. The molecule has 714 valence electrons. The molecule has 9 N–H and O–H groups in total. The molecule has 0 bridgehead atoms. The molecule has 0 aliphatic heterocycles. The number of rotatable bonds is 0. The van der Waals surface area contributed by atoms with Gasteiger partial charge < -0.3 is 44.9 Å². The molecule has 0 saturated carbocycles. The fraction of sp³-hybridized carbons (Fsp3) is 0.422. The molecule has 0 aliphatic rings. The predicted octanol–water partition coefficient (Wildman–Crippen LogP) is 32.2. The number of aromatic amines is 9. The van der Waals surface area contributed by atoms with E-state index in [-0.39, 0.29) is 54.3 Å². The van der Waals surface area contributed by atoms with Crippen LogP contribution in [0.1, 0.15) is 295 Å². The van der Waals surface area contributed by atoms with Crippen molar-refractivity contribution in [3.05, 3.63) is 262 Å². The number of hydrogen-bond acceptors (Lipinski definition) is 9. The standard InChI is InChI=1S/C13H15F3N2.C13H18N2.2C12H15ClN2.4C12H16N2.C11H12Cl2N2/c1-7-5-8(13(14,15)16)10-9(6-7)17-11(18-10)12(2,3)4;1-8-6-10-11(7-9(8)2)15-12(14-10)13(3,4)5;2*1-7-5-8(13)10-9(6-7)14-11(15-10)12(2,3)4;4*1-8-5-6-9-10(7-8)14-11(13-9)12(2,3)4;1-11(2,3)10-14-8-5-6(12)4-7(13)9(8)15-10/h5-6H,1-4H3,(H,17,18);6-7H,1-5H3,(H,14,15);2*5-6H,1-4H3,(H,14,15);4*5-7H,1-4H3,(H,13,14);4-5H,1-3H3,(H,14,15). The number of benzene rings is 9. The number of aromatic nitrogens is 18. The zero-order valence-electron chi connectivity index (χ0n) is 85.4. The summed E-state index contributed by atoms with van der Waals surface area (Å²) in [7, 11) is 0. The topological polar surface area (TPSA) is 258 Å². The summed E-state index contributed by atoms with van der Waals surface area (Å²) in [5, 5.41) is 2.65. The van der Waals surface area contributed by atoms with E-state index in [1.807, 2.05) is 52.8 Å². The number of halogens is 7. The largest absolute Gasteiger partial charge is 0.418 e. The maximum atomic E-state index is 12.9. The van der Waals surface area contributed by atoms with Crippen molar-refractivity contribution >= 4 is 146 Å². The van der Waals surface area contributed by atoms with Gasteiger partial charge >= 0.3 is 6.18 Å². The third kappa shape index (κ3) is 27.3. The summed E-state index contributed by atoms with van der Waals surface area (Å²) in [4.78, 5) is 70.3. The highest BCUT2D eigenvalue weighted by molar-refractivity contribution is 6.38. The van der Waals surface area contributed by atoms with Gasteiger partial charge in [0.05, 0.1) is 97.9 Å². The third-order valence-electron chi connectivity index (χ3n) is 22.0. The minimum absolute atomic E-state index is 0.00183. The monoisotopic (exact) mass is 1900 g/mol. The molecule has 0 spiro atoms. The van der Waals surface area contributed by atoms with Gasteiger partial charge in [0.2, 0.25) is 0 Å². The van der Waals surface area contributed by atoms with Gasteiger partial charge in [0.1, 0.15) is 74.5 Å². The quantitative estimate of drug-likeness (QED) is 0.0698. The lowest BCUT2D eigenvalue weighted by molar-refractivity contribution is -0.136. The summed E-state index contributed by atoms with van der Waals surface area (Å²) < 4.78 is 38.8. The Hall–Kier alpha value is -10.8. The molecule has 0 fully saturated rings. The average molecular weight is 1900 g/mol. The van der Waals surface area contributed by atoms with Crippen LogP contribution in [0.2, 0.25) is 20.1 Å². The van der Waals surface area contributed by atoms with Gasteiger partial charge in [0, 0.05) is 53.8 Å². The second-order valence-electron chi connectivity index (χ2n) is 44.8. The number of H-pyrrole nitrogens is 9. The van der Waals surface area contributed by atoms with Crippen LogP contribution in [0.3, 0.4) is 0 Å². The van der Waals surface area contributed by atoms with Crippen LogP contribution in [0.4, 0.5) is 13.2 Å². The molecule has 9 aromatic carbocycles. The van der Waals surface area contributed by atoms with Gasteiger partial charge in [-0.15, -0.1) is 0 Å². The smallest absolute Gasteiger partial charge is 0.342 e. The molecule has 0 aliphatic carbocycles. The second kappa shape index (κ2) is 39.8. The molecular formula is C109H139Cl4F3N18. The highest BCUT2D eigenvalue weighted by Crippen LogP contribution is 2.39. The summed E-state index contributed by atoms with van der Waals surface area (Å²) >= 11 is 24.3. The van der Waals surface area contributed by atoms with Gasteiger partial charge in [-0.2, -0.15) is 13.2 Å². The lowest BCUT2D eigenvalue weighted by Gasteiger charge is -2.13. The molecule has 0 amide bonds. The normalized spacial score (nSPS) is 12.4. The van der Waals surface area contributed by atoms with Crippen LogP contribution in [0, 0.1) is 62.3 Å². The van der Waals surface area contributed by atoms with Crippen molar-refractivity contribution in [2.45, 2.75) is 304 Å². The summed E-state index contributed by atoms with van der Waals surface area (Å²) in [6.07, 6.45) is -4.38. The van der Waals surface area contributed by atoms with Crippen LogP contribution in [0.25, 0.3) is 99.3 Å². The SMILES string of the molecule is CC(C)(C)c1nc2c(Cl)cc(Cl)cc2[nH]1.Cc1cc(C(F)(F)F)c2nc(C(C)(C)C)[nH]c2c1.Cc1cc(Cl)c2nc(C(C)(C)C)[nH]c2c1.Cc1cc(Cl)c2nc(C(C)(C)C)[nH]c2c1.Cc1cc2nc(C(C)(C)C)[nH]c2cc1C.Cc1ccc2nc(C(C)(C)C)[nH]c2c1.Cc1ccc2nc(C(C)(C)C)[nH]c2c1.Cc1ccc2nc(C(C)(C)C)[nH]c2c1.Cc1ccc2nc(C(C)(C)C)[nH]c2c1. The van der Waals surface area contributed by atoms with Crippen molar-refractivity contribution in [2.75, 3.05) is 0 Å². The molecule has 18 rings (SSSR count). The maximum Gasteiger partial charge on any atom is 0.418 e. The molecule has 18 nitrogen and oxygen atoms in total. The minimum Gasteiger partial charge on any atom is -0.342 e. The van der Waals surface area contributed by atoms with E-state index in [2.05, 4.69) is 394 Å². The van der Waals surface area contributed by atoms with Crippen LogP contribution >= 0.6 is 46.4 Å². The van der Waals surface area contributed by atoms with E-state index in [4.69, 9.17) is 46.4 Å². The Balaban J connectivity index is 0.000000156. The van der Waals surface area contributed by atoms with Crippen molar-refractivity contribution in [1.29, 1.82) is 0 Å². The number of hydrogen-bond donors (Lipinski definition) is 9. The molecule has 9 heterocycles. The molecular weight excluding hydrogens is 1760 g/mol. The van der Waals surface area contributed by atoms with Crippen molar-refractivity contribution < 1.29 is 13.2 Å². The number of fused-ring (bicyclic) bond motifs is 9. The summed E-state index contributed by atoms with van der Waals surface area (Å²) in [5.41, 5.74) is 26.9. The van der Waals surface area contributed by atoms with Crippen molar-refractivity contribution in [3.8, 4) is 0 Å². The lowest BCUT2D eigenvalue weighted by atomic mass is 9.96. The van der Waals surface area contributed by atoms with E-state index >= 15 is 0 Å². The highest BCUT2D eigenvalue weighted by atomic mass is 35.5. The van der Waals surface area contributed by atoms with Crippen LogP contribution in [-0.2, 0) is 54.9 Å². The van der Waals surface area contributed by atoms with E-state index < -0.39 is 11.7 Å². The van der Waals surface area contributed by atoms with Crippen molar-refractivity contribution in [3.63, 3.8) is 0 Å². The fourth-order valence-corrected chi connectivity index (χ4v) is 15.1. The van der Waals surface area contributed by atoms with Crippen LogP contribution in [0.5, 0.6) is 0 Å². The first kappa shape index (κ1) is 105. The van der Waals surface area contributed by atoms with Gasteiger partial charge in [0.25, 0.3) is 0 Å². The van der Waals surface area contributed by atoms with E-state index in [1.54, 1.807) is 19.1 Å². The first-order chi connectivity index (χ1) is 61.5. The van der Waals surface area contributed by atoms with Gasteiger partial charge in [-0.25, -0.2) is 44.9 Å². The first-order valence-electron chi connectivity index (χ1n) is 45.6. The Bertz CT molecular complexity index is 6540. The molecule has 9 aromatic heterocycles. The lowest BCUT2D eigenvalue weighted by Crippen LogP contribution is -2.13. The molecule has 0 atom stereocenters.